The van der Waals surface area contributed by atoms with Crippen LogP contribution in [0.2, 0.25) is 0 Å². The highest BCUT2D eigenvalue weighted by molar-refractivity contribution is 6.29. The van der Waals surface area contributed by atoms with Crippen molar-refractivity contribution in [3.05, 3.63) is 47.7 Å². The van der Waals surface area contributed by atoms with Gasteiger partial charge in [-0.15, -0.1) is 0 Å². The lowest BCUT2D eigenvalue weighted by Gasteiger charge is -2.16. The van der Waals surface area contributed by atoms with Gasteiger partial charge >= 0.3 is 0 Å². The largest absolute Gasteiger partial charge is 0.464 e. The van der Waals surface area contributed by atoms with E-state index in [2.05, 4.69) is 5.32 Å². The topological polar surface area (TPSA) is 59.3 Å². The Hall–Kier alpha value is -2.62. The van der Waals surface area contributed by atoms with Crippen LogP contribution in [-0.2, 0) is 0 Å². The van der Waals surface area contributed by atoms with Crippen molar-refractivity contribution in [3.8, 4) is 0 Å². The Bertz CT molecular complexity index is 845. The van der Waals surface area contributed by atoms with Crippen LogP contribution in [0, 0.1) is 0 Å². The fraction of sp³-hybridized carbons (Fsp3) is 0. The van der Waals surface area contributed by atoms with Crippen molar-refractivity contribution in [1.29, 1.82) is 0 Å². The molecule has 0 saturated carbocycles. The lowest BCUT2D eigenvalue weighted by Crippen LogP contribution is -2.34. The average molecular weight is 237 g/mol. The smallest absolute Gasteiger partial charge is 0.258 e. The number of furan rings is 1. The molecule has 0 atom stereocenters. The van der Waals surface area contributed by atoms with Crippen LogP contribution >= 0.6 is 0 Å². The molecule has 4 nitrogen and oxygen atoms in total. The van der Waals surface area contributed by atoms with Crippen LogP contribution < -0.4 is 5.32 Å². The van der Waals surface area contributed by atoms with Crippen molar-refractivity contribution in [2.75, 3.05) is 0 Å². The molecule has 0 bridgehead atoms. The Balaban J connectivity index is 2.35. The fourth-order valence-electron chi connectivity index (χ4n) is 2.53. The van der Waals surface area contributed by atoms with E-state index in [1.807, 2.05) is 18.2 Å². The molecule has 1 aliphatic rings. The molecule has 1 aliphatic heterocycles. The van der Waals surface area contributed by atoms with Crippen molar-refractivity contribution in [2.45, 2.75) is 0 Å². The first-order valence-electron chi connectivity index (χ1n) is 5.54. The summed E-state index contributed by atoms with van der Waals surface area (Å²) in [6.45, 7) is 0. The van der Waals surface area contributed by atoms with Crippen molar-refractivity contribution in [1.82, 2.24) is 5.32 Å². The summed E-state index contributed by atoms with van der Waals surface area (Å²) < 4.78 is 5.34. The maximum absolute atomic E-state index is 11.9. The molecular weight excluding hydrogens is 230 g/mol. The Labute approximate surface area is 101 Å². The predicted molar refractivity (Wildman–Crippen MR) is 65.5 cm³/mol. The molecule has 0 spiro atoms. The highest BCUT2D eigenvalue weighted by Gasteiger charge is 2.26. The highest BCUT2D eigenvalue weighted by atomic mass is 16.3. The number of fused-ring (bicyclic) bond motifs is 2. The third-order valence-electron chi connectivity index (χ3n) is 3.31. The molecule has 3 aromatic rings. The number of benzene rings is 2. The summed E-state index contributed by atoms with van der Waals surface area (Å²) in [7, 11) is 0. The zero-order valence-electron chi connectivity index (χ0n) is 9.19. The molecule has 2 heterocycles. The zero-order valence-corrected chi connectivity index (χ0v) is 9.19. The van der Waals surface area contributed by atoms with Crippen LogP contribution in [-0.4, -0.2) is 11.8 Å². The van der Waals surface area contributed by atoms with Gasteiger partial charge in [0.15, 0.2) is 0 Å². The van der Waals surface area contributed by atoms with Crippen LogP contribution in [0.4, 0.5) is 0 Å². The SMILES string of the molecule is O=C1NC(=O)c2cc3occc3c3cccc1c23. The first-order chi connectivity index (χ1) is 8.75. The molecule has 1 N–H and O–H groups in total. The highest BCUT2D eigenvalue weighted by Crippen LogP contribution is 2.33. The molecule has 1 aromatic heterocycles. The second-order valence-corrected chi connectivity index (χ2v) is 4.27. The minimum Gasteiger partial charge on any atom is -0.464 e. The standard InChI is InChI=1S/C14H7NO3/c16-13-9-3-1-2-8-7-4-5-18-11(7)6-10(12(8)9)14(17)15-13/h1-6H,(H,15,16,17). The molecule has 0 fully saturated rings. The van der Waals surface area contributed by atoms with E-state index in [0.29, 0.717) is 22.1 Å². The molecule has 0 radical (unpaired) electrons. The minimum atomic E-state index is -0.373. The van der Waals surface area contributed by atoms with Crippen LogP contribution in [0.25, 0.3) is 21.7 Å². The van der Waals surface area contributed by atoms with Crippen molar-refractivity contribution >= 4 is 33.6 Å². The summed E-state index contributed by atoms with van der Waals surface area (Å²) >= 11 is 0. The summed E-state index contributed by atoms with van der Waals surface area (Å²) in [6.07, 6.45) is 1.58. The number of rotatable bonds is 0. The van der Waals surface area contributed by atoms with Gasteiger partial charge in [-0.3, -0.25) is 14.9 Å². The molecule has 4 rings (SSSR count). The van der Waals surface area contributed by atoms with E-state index in [0.717, 1.165) is 10.8 Å². The zero-order chi connectivity index (χ0) is 12.3. The van der Waals surface area contributed by atoms with Gasteiger partial charge < -0.3 is 4.42 Å². The number of imide groups is 1. The maximum Gasteiger partial charge on any atom is 0.258 e. The molecule has 4 heteroatoms. The number of amides is 2. The Morgan fingerprint density at radius 3 is 2.67 bits per heavy atom. The second-order valence-electron chi connectivity index (χ2n) is 4.27. The fourth-order valence-corrected chi connectivity index (χ4v) is 2.53. The van der Waals surface area contributed by atoms with E-state index in [1.54, 1.807) is 18.4 Å². The molecule has 0 unspecified atom stereocenters. The van der Waals surface area contributed by atoms with Gasteiger partial charge in [-0.1, -0.05) is 12.1 Å². The summed E-state index contributed by atoms with van der Waals surface area (Å²) in [5.41, 5.74) is 1.67. The molecule has 86 valence electrons. The maximum atomic E-state index is 11.9. The normalized spacial score (nSPS) is 14.2. The van der Waals surface area contributed by atoms with Gasteiger partial charge in [0.2, 0.25) is 0 Å². The van der Waals surface area contributed by atoms with E-state index in [4.69, 9.17) is 4.42 Å². The van der Waals surface area contributed by atoms with E-state index in [-0.39, 0.29) is 11.8 Å². The summed E-state index contributed by atoms with van der Waals surface area (Å²) in [5.74, 6) is -0.719. The van der Waals surface area contributed by atoms with Gasteiger partial charge in [0.05, 0.1) is 11.8 Å². The molecule has 0 aliphatic carbocycles. The second kappa shape index (κ2) is 2.98. The lowest BCUT2D eigenvalue weighted by atomic mass is 9.93. The van der Waals surface area contributed by atoms with Gasteiger partial charge in [-0.05, 0) is 23.6 Å². The third-order valence-corrected chi connectivity index (χ3v) is 3.31. The van der Waals surface area contributed by atoms with Gasteiger partial charge in [0.1, 0.15) is 5.58 Å². The number of carbonyl (C=O) groups excluding carboxylic acids is 2. The Morgan fingerprint density at radius 2 is 1.78 bits per heavy atom. The van der Waals surface area contributed by atoms with E-state index < -0.39 is 0 Å². The average Bonchev–Trinajstić information content (AvgIpc) is 2.83. The van der Waals surface area contributed by atoms with Gasteiger partial charge in [-0.2, -0.15) is 0 Å². The molecular formula is C14H7NO3. The molecule has 2 amide bonds. The van der Waals surface area contributed by atoms with E-state index >= 15 is 0 Å². The van der Waals surface area contributed by atoms with Crippen molar-refractivity contribution in [2.24, 2.45) is 0 Å². The van der Waals surface area contributed by atoms with Gasteiger partial charge in [0.25, 0.3) is 11.8 Å². The number of hydrogen-bond donors (Lipinski definition) is 1. The molecule has 18 heavy (non-hydrogen) atoms. The van der Waals surface area contributed by atoms with Crippen LogP contribution in [0.5, 0.6) is 0 Å². The van der Waals surface area contributed by atoms with Crippen LogP contribution in [0.15, 0.2) is 41.0 Å². The molecule has 0 saturated heterocycles. The van der Waals surface area contributed by atoms with Crippen molar-refractivity contribution in [3.63, 3.8) is 0 Å². The number of carbonyl (C=O) groups is 2. The third kappa shape index (κ3) is 0.996. The minimum absolute atomic E-state index is 0.346. The first kappa shape index (κ1) is 9.41. The molecule has 2 aromatic carbocycles. The van der Waals surface area contributed by atoms with Gasteiger partial charge in [0, 0.05) is 16.3 Å². The van der Waals surface area contributed by atoms with E-state index in [1.165, 1.54) is 0 Å². The summed E-state index contributed by atoms with van der Waals surface area (Å²) in [5, 5.41) is 4.83. The Morgan fingerprint density at radius 1 is 0.944 bits per heavy atom. The quantitative estimate of drug-likeness (QED) is 0.611. The number of nitrogens with one attached hydrogen (secondary N) is 1. The summed E-state index contributed by atoms with van der Waals surface area (Å²) in [6, 6.07) is 8.95. The lowest BCUT2D eigenvalue weighted by molar-refractivity contribution is 0.0845. The first-order valence-corrected chi connectivity index (χ1v) is 5.54. The number of hydrogen-bond acceptors (Lipinski definition) is 3. The summed E-state index contributed by atoms with van der Waals surface area (Å²) in [4.78, 5) is 23.7. The predicted octanol–water partition coefficient (Wildman–Crippen LogP) is 2.47. The van der Waals surface area contributed by atoms with Crippen LogP contribution in [0.3, 0.4) is 0 Å². The van der Waals surface area contributed by atoms with Crippen LogP contribution in [0.1, 0.15) is 20.7 Å². The van der Waals surface area contributed by atoms with E-state index in [9.17, 15) is 9.59 Å². The Kier molecular flexibility index (Phi) is 1.56. The monoisotopic (exact) mass is 237 g/mol. The van der Waals surface area contributed by atoms with Gasteiger partial charge in [-0.25, -0.2) is 0 Å². The van der Waals surface area contributed by atoms with Crippen molar-refractivity contribution < 1.29 is 14.0 Å².